The first-order chi connectivity index (χ1) is 8.31. The molecule has 0 aliphatic carbocycles. The summed E-state index contributed by atoms with van der Waals surface area (Å²) in [5.74, 6) is 0. The van der Waals surface area contributed by atoms with Crippen molar-refractivity contribution in [2.24, 2.45) is 0 Å². The fourth-order valence-electron chi connectivity index (χ4n) is 3.07. The molecule has 2 aromatic rings. The van der Waals surface area contributed by atoms with Gasteiger partial charge in [-0.2, -0.15) is 0 Å². The van der Waals surface area contributed by atoms with Crippen molar-refractivity contribution in [1.82, 2.24) is 0 Å². The van der Waals surface area contributed by atoms with Crippen LogP contribution in [0.3, 0.4) is 0 Å². The summed E-state index contributed by atoms with van der Waals surface area (Å²) in [5, 5.41) is 3.28. The molecule has 0 bridgehead atoms. The van der Waals surface area contributed by atoms with Gasteiger partial charge in [0.25, 0.3) is 0 Å². The maximum atomic E-state index is 2.49. The molecule has 1 saturated heterocycles. The first-order valence-electron chi connectivity index (χ1n) is 6.24. The molecule has 85 valence electrons. The lowest BCUT2D eigenvalue weighted by atomic mass is 10.4. The monoisotopic (exact) mass is 253 g/mol. The van der Waals surface area contributed by atoms with Crippen LogP contribution in [0.4, 0.5) is 0 Å². The van der Waals surface area contributed by atoms with Gasteiger partial charge in [-0.1, -0.05) is 88.9 Å². The number of benzene rings is 2. The van der Waals surface area contributed by atoms with E-state index in [2.05, 4.69) is 67.2 Å². The van der Waals surface area contributed by atoms with E-state index in [0.717, 1.165) is 0 Å². The van der Waals surface area contributed by atoms with E-state index in [4.69, 9.17) is 0 Å². The minimum absolute atomic E-state index is 0.0315. The van der Waals surface area contributed by atoms with Crippen molar-refractivity contribution >= 4 is 27.2 Å². The molecule has 0 N–H and O–H groups in total. The Bertz CT molecular complexity index is 445. The SMILES string of the molecule is C[Si]1C[Si](c2ccccc2)(c2ccccc2)C1. The molecule has 0 unspecified atom stereocenters. The Morgan fingerprint density at radius 1 is 0.765 bits per heavy atom. The fraction of sp³-hybridized carbons (Fsp3) is 0.200. The second-order valence-electron chi connectivity index (χ2n) is 5.12. The van der Waals surface area contributed by atoms with Gasteiger partial charge in [0, 0.05) is 8.80 Å². The van der Waals surface area contributed by atoms with E-state index in [1.54, 1.807) is 10.4 Å². The molecule has 1 heterocycles. The van der Waals surface area contributed by atoms with Gasteiger partial charge in [-0.25, -0.2) is 0 Å². The van der Waals surface area contributed by atoms with Crippen molar-refractivity contribution < 1.29 is 0 Å². The number of rotatable bonds is 2. The zero-order chi connectivity index (χ0) is 11.7. The van der Waals surface area contributed by atoms with Crippen molar-refractivity contribution in [3.63, 3.8) is 0 Å². The molecular weight excluding hydrogens is 236 g/mol. The van der Waals surface area contributed by atoms with Crippen LogP contribution in [-0.2, 0) is 0 Å². The first-order valence-corrected chi connectivity index (χ1v) is 11.1. The average molecular weight is 253 g/mol. The summed E-state index contributed by atoms with van der Waals surface area (Å²) in [4.78, 5) is 0. The van der Waals surface area contributed by atoms with E-state index < -0.39 is 8.07 Å². The van der Waals surface area contributed by atoms with Gasteiger partial charge in [-0.05, 0) is 0 Å². The molecule has 1 aliphatic rings. The van der Waals surface area contributed by atoms with Crippen LogP contribution in [0.5, 0.6) is 0 Å². The summed E-state index contributed by atoms with van der Waals surface area (Å²) in [6, 6.07) is 22.5. The van der Waals surface area contributed by atoms with Crippen molar-refractivity contribution in [3.8, 4) is 0 Å². The molecule has 1 aliphatic heterocycles. The van der Waals surface area contributed by atoms with Gasteiger partial charge in [0.2, 0.25) is 0 Å². The minimum Gasteiger partial charge on any atom is -0.0715 e. The molecule has 2 heteroatoms. The third kappa shape index (κ3) is 1.81. The molecule has 17 heavy (non-hydrogen) atoms. The van der Waals surface area contributed by atoms with Crippen LogP contribution in [0, 0.1) is 0 Å². The second kappa shape index (κ2) is 4.28. The van der Waals surface area contributed by atoms with Crippen LogP contribution in [0.2, 0.25) is 17.9 Å². The predicted octanol–water partition coefficient (Wildman–Crippen LogP) is 2.47. The van der Waals surface area contributed by atoms with Gasteiger partial charge in [0.15, 0.2) is 0 Å². The number of hydrogen-bond donors (Lipinski definition) is 0. The third-order valence-corrected chi connectivity index (χ3v) is 16.4. The largest absolute Gasteiger partial charge is 0.112 e. The zero-order valence-electron chi connectivity index (χ0n) is 10.2. The van der Waals surface area contributed by atoms with Crippen LogP contribution in [0.15, 0.2) is 60.7 Å². The highest BCUT2D eigenvalue weighted by molar-refractivity contribution is 7.19. The molecule has 0 saturated carbocycles. The molecule has 0 nitrogen and oxygen atoms in total. The van der Waals surface area contributed by atoms with Crippen molar-refractivity contribution in [2.45, 2.75) is 17.9 Å². The summed E-state index contributed by atoms with van der Waals surface area (Å²) in [6.45, 7) is 2.49. The van der Waals surface area contributed by atoms with Crippen molar-refractivity contribution in [3.05, 3.63) is 60.7 Å². The molecular formula is C15H17Si2. The molecule has 0 amide bonds. The molecule has 1 fully saturated rings. The van der Waals surface area contributed by atoms with E-state index in [9.17, 15) is 0 Å². The summed E-state index contributed by atoms with van der Waals surface area (Å²) >= 11 is 0. The van der Waals surface area contributed by atoms with Crippen molar-refractivity contribution in [2.75, 3.05) is 0 Å². The lowest BCUT2D eigenvalue weighted by molar-refractivity contribution is 1.46. The molecule has 0 spiro atoms. The van der Waals surface area contributed by atoms with Gasteiger partial charge in [-0.3, -0.25) is 0 Å². The van der Waals surface area contributed by atoms with Gasteiger partial charge in [0.05, 0.1) is 0 Å². The van der Waals surface area contributed by atoms with E-state index in [1.807, 2.05) is 0 Å². The van der Waals surface area contributed by atoms with Gasteiger partial charge in [-0.15, -0.1) is 0 Å². The topological polar surface area (TPSA) is 0 Å². The van der Waals surface area contributed by atoms with Crippen LogP contribution >= 0.6 is 0 Å². The van der Waals surface area contributed by atoms with E-state index in [-0.39, 0.29) is 8.80 Å². The quantitative estimate of drug-likeness (QED) is 0.721. The molecule has 0 aromatic heterocycles. The first kappa shape index (κ1) is 11.0. The number of hydrogen-bond acceptors (Lipinski definition) is 0. The Balaban J connectivity index is 2.07. The van der Waals surface area contributed by atoms with E-state index in [0.29, 0.717) is 0 Å². The Hall–Kier alpha value is -1.13. The Morgan fingerprint density at radius 2 is 1.18 bits per heavy atom. The highest BCUT2D eigenvalue weighted by atomic mass is 28.4. The molecule has 0 atom stereocenters. The van der Waals surface area contributed by atoms with Gasteiger partial charge >= 0.3 is 0 Å². The van der Waals surface area contributed by atoms with Gasteiger partial charge in [0.1, 0.15) is 8.07 Å². The Labute approximate surface area is 106 Å². The van der Waals surface area contributed by atoms with Crippen LogP contribution in [0.1, 0.15) is 0 Å². The van der Waals surface area contributed by atoms with Gasteiger partial charge < -0.3 is 0 Å². The molecule has 2 aromatic carbocycles. The highest BCUT2D eigenvalue weighted by Gasteiger charge is 2.47. The lowest BCUT2D eigenvalue weighted by Crippen LogP contribution is -2.68. The zero-order valence-corrected chi connectivity index (χ0v) is 12.2. The summed E-state index contributed by atoms with van der Waals surface area (Å²) in [6.07, 6.45) is 0. The standard InChI is InChI=1S/C15H17Si2/c1-16-12-17(13-16,14-8-4-2-5-9-14)15-10-6-3-7-11-15/h2-11H,12-13H2,1H3. The average Bonchev–Trinajstić information content (AvgIpc) is 2.37. The van der Waals surface area contributed by atoms with E-state index >= 15 is 0 Å². The van der Waals surface area contributed by atoms with Crippen LogP contribution < -0.4 is 10.4 Å². The van der Waals surface area contributed by atoms with Crippen LogP contribution in [0.25, 0.3) is 0 Å². The maximum Gasteiger partial charge on any atom is 0.112 e. The summed E-state index contributed by atoms with van der Waals surface area (Å²) < 4.78 is 0. The molecule has 1 radical (unpaired) electrons. The predicted molar refractivity (Wildman–Crippen MR) is 79.1 cm³/mol. The Kier molecular flexibility index (Phi) is 2.77. The summed E-state index contributed by atoms with van der Waals surface area (Å²) in [7, 11) is -1.34. The minimum atomic E-state index is -1.31. The lowest BCUT2D eigenvalue weighted by Gasteiger charge is -2.45. The smallest absolute Gasteiger partial charge is 0.0715 e. The second-order valence-corrected chi connectivity index (χ2v) is 13.2. The normalized spacial score (nSPS) is 18.6. The summed E-state index contributed by atoms with van der Waals surface area (Å²) in [5.41, 5.74) is 3.04. The van der Waals surface area contributed by atoms with E-state index in [1.165, 1.54) is 11.3 Å². The maximum absolute atomic E-state index is 2.49. The van der Waals surface area contributed by atoms with Crippen LogP contribution in [-0.4, -0.2) is 16.9 Å². The van der Waals surface area contributed by atoms with Crippen molar-refractivity contribution in [1.29, 1.82) is 0 Å². The molecule has 3 rings (SSSR count). The third-order valence-electron chi connectivity index (χ3n) is 3.86. The highest BCUT2D eigenvalue weighted by Crippen LogP contribution is 2.30. The Morgan fingerprint density at radius 3 is 1.53 bits per heavy atom. The fourth-order valence-corrected chi connectivity index (χ4v) is 16.2.